The fraction of sp³-hybridized carbons (Fsp3) is 0.455. The lowest BCUT2D eigenvalue weighted by Crippen LogP contribution is -1.98. The fourth-order valence-corrected chi connectivity index (χ4v) is 1.32. The van der Waals surface area contributed by atoms with Gasteiger partial charge in [-0.1, -0.05) is 37.3 Å². The van der Waals surface area contributed by atoms with Crippen molar-refractivity contribution in [2.75, 3.05) is 0 Å². The van der Waals surface area contributed by atoms with E-state index in [2.05, 4.69) is 38.7 Å². The maximum atomic E-state index is 3.93. The summed E-state index contributed by atoms with van der Waals surface area (Å²) in [5, 5.41) is 0. The molecule has 1 aliphatic rings. The minimum absolute atomic E-state index is 0.742. The summed E-state index contributed by atoms with van der Waals surface area (Å²) in [7, 11) is 0. The molecule has 0 radical (unpaired) electrons. The van der Waals surface area contributed by atoms with E-state index in [9.17, 15) is 0 Å². The maximum absolute atomic E-state index is 3.93. The van der Waals surface area contributed by atoms with Crippen LogP contribution in [0.3, 0.4) is 0 Å². The van der Waals surface area contributed by atoms with Gasteiger partial charge in [0.1, 0.15) is 0 Å². The Hall–Kier alpha value is -0.780. The van der Waals surface area contributed by atoms with E-state index >= 15 is 0 Å². The molecule has 0 aromatic rings. The third-order valence-electron chi connectivity index (χ3n) is 2.17. The lowest BCUT2D eigenvalue weighted by atomic mass is 9.92. The first-order valence-electron chi connectivity index (χ1n) is 4.28. The van der Waals surface area contributed by atoms with Crippen LogP contribution in [0.25, 0.3) is 0 Å². The van der Waals surface area contributed by atoms with Crippen LogP contribution < -0.4 is 0 Å². The Labute approximate surface area is 69.3 Å². The molecule has 11 heavy (non-hydrogen) atoms. The summed E-state index contributed by atoms with van der Waals surface area (Å²) in [4.78, 5) is 0. The van der Waals surface area contributed by atoms with E-state index in [1.807, 2.05) is 0 Å². The average Bonchev–Trinajstić information content (AvgIpc) is 2.05. The van der Waals surface area contributed by atoms with Crippen molar-refractivity contribution in [2.24, 2.45) is 5.92 Å². The molecule has 0 spiro atoms. The molecule has 0 nitrogen and oxygen atoms in total. The van der Waals surface area contributed by atoms with Crippen LogP contribution >= 0.6 is 0 Å². The molecule has 0 saturated heterocycles. The van der Waals surface area contributed by atoms with E-state index in [0.717, 1.165) is 5.92 Å². The van der Waals surface area contributed by atoms with Gasteiger partial charge >= 0.3 is 0 Å². The minimum atomic E-state index is 0.742. The zero-order valence-corrected chi connectivity index (χ0v) is 7.43. The Kier molecular flexibility index (Phi) is 2.70. The largest absolute Gasteiger partial charge is 0.0955 e. The van der Waals surface area contributed by atoms with Crippen LogP contribution in [0.5, 0.6) is 0 Å². The van der Waals surface area contributed by atoms with Gasteiger partial charge in [-0.3, -0.25) is 0 Å². The molecule has 0 bridgehead atoms. The van der Waals surface area contributed by atoms with Gasteiger partial charge in [0.25, 0.3) is 0 Å². The van der Waals surface area contributed by atoms with E-state index in [1.54, 1.807) is 0 Å². The molecule has 1 unspecified atom stereocenters. The first-order chi connectivity index (χ1) is 5.24. The van der Waals surface area contributed by atoms with Gasteiger partial charge in [0.05, 0.1) is 0 Å². The van der Waals surface area contributed by atoms with Crippen molar-refractivity contribution in [3.63, 3.8) is 0 Å². The standard InChI is InChI=1S/C11H16/c1-4-10-6-5-7-11(8-10)9(2)3/h5,7-8,10H,2,4,6H2,1,3H3. The molecule has 0 aliphatic heterocycles. The number of hydrogen-bond donors (Lipinski definition) is 0. The maximum Gasteiger partial charge on any atom is -0.0192 e. The van der Waals surface area contributed by atoms with Gasteiger partial charge < -0.3 is 0 Å². The van der Waals surface area contributed by atoms with E-state index in [4.69, 9.17) is 0 Å². The summed E-state index contributed by atoms with van der Waals surface area (Å²) in [6.45, 7) is 8.22. The zero-order valence-electron chi connectivity index (χ0n) is 7.43. The van der Waals surface area contributed by atoms with E-state index in [0.29, 0.717) is 0 Å². The number of allylic oxidation sites excluding steroid dienone is 5. The normalized spacial score (nSPS) is 23.1. The van der Waals surface area contributed by atoms with Crippen LogP contribution in [-0.4, -0.2) is 0 Å². The van der Waals surface area contributed by atoms with Crippen molar-refractivity contribution in [3.8, 4) is 0 Å². The SMILES string of the molecule is C=C(C)C1=CC(CC)CC=C1. The highest BCUT2D eigenvalue weighted by atomic mass is 14.1. The van der Waals surface area contributed by atoms with Gasteiger partial charge in [0.15, 0.2) is 0 Å². The van der Waals surface area contributed by atoms with Crippen molar-refractivity contribution in [1.29, 1.82) is 0 Å². The average molecular weight is 148 g/mol. The Morgan fingerprint density at radius 3 is 3.00 bits per heavy atom. The summed E-state index contributed by atoms with van der Waals surface area (Å²) >= 11 is 0. The van der Waals surface area contributed by atoms with Crippen LogP contribution in [0, 0.1) is 5.92 Å². The number of rotatable bonds is 2. The summed E-state index contributed by atoms with van der Waals surface area (Å²) in [5.74, 6) is 0.742. The highest BCUT2D eigenvalue weighted by Crippen LogP contribution is 2.22. The van der Waals surface area contributed by atoms with Gasteiger partial charge in [-0.15, -0.1) is 0 Å². The summed E-state index contributed by atoms with van der Waals surface area (Å²) in [6.07, 6.45) is 9.20. The molecular formula is C11H16. The second kappa shape index (κ2) is 3.56. The Bertz CT molecular complexity index is 206. The summed E-state index contributed by atoms with van der Waals surface area (Å²) in [6, 6.07) is 0. The molecule has 0 N–H and O–H groups in total. The predicted octanol–water partition coefficient (Wildman–Crippen LogP) is 3.48. The van der Waals surface area contributed by atoms with Crippen molar-refractivity contribution in [2.45, 2.75) is 26.7 Å². The van der Waals surface area contributed by atoms with Crippen molar-refractivity contribution >= 4 is 0 Å². The number of hydrogen-bond acceptors (Lipinski definition) is 0. The Morgan fingerprint density at radius 1 is 1.73 bits per heavy atom. The molecule has 0 heteroatoms. The molecule has 0 aromatic carbocycles. The monoisotopic (exact) mass is 148 g/mol. The molecule has 60 valence electrons. The molecule has 1 atom stereocenters. The fourth-order valence-electron chi connectivity index (χ4n) is 1.32. The first-order valence-corrected chi connectivity index (χ1v) is 4.28. The predicted molar refractivity (Wildman–Crippen MR) is 50.4 cm³/mol. The lowest BCUT2D eigenvalue weighted by molar-refractivity contribution is 0.629. The first kappa shape index (κ1) is 8.32. The van der Waals surface area contributed by atoms with Crippen LogP contribution in [0.1, 0.15) is 26.7 Å². The van der Waals surface area contributed by atoms with Crippen LogP contribution in [0.2, 0.25) is 0 Å². The Morgan fingerprint density at radius 2 is 2.45 bits per heavy atom. The minimum Gasteiger partial charge on any atom is -0.0955 e. The van der Waals surface area contributed by atoms with Crippen LogP contribution in [0.15, 0.2) is 36.0 Å². The smallest absolute Gasteiger partial charge is 0.0192 e. The third-order valence-corrected chi connectivity index (χ3v) is 2.17. The molecule has 1 aliphatic carbocycles. The van der Waals surface area contributed by atoms with E-state index in [1.165, 1.54) is 24.0 Å². The lowest BCUT2D eigenvalue weighted by Gasteiger charge is -2.14. The van der Waals surface area contributed by atoms with Gasteiger partial charge in [0.2, 0.25) is 0 Å². The molecule has 1 rings (SSSR count). The molecule has 0 heterocycles. The zero-order chi connectivity index (χ0) is 8.27. The van der Waals surface area contributed by atoms with Gasteiger partial charge in [-0.25, -0.2) is 0 Å². The van der Waals surface area contributed by atoms with Gasteiger partial charge in [-0.2, -0.15) is 0 Å². The van der Waals surface area contributed by atoms with Crippen LogP contribution in [-0.2, 0) is 0 Å². The molecule has 0 amide bonds. The quantitative estimate of drug-likeness (QED) is 0.562. The molecular weight excluding hydrogens is 132 g/mol. The topological polar surface area (TPSA) is 0 Å². The van der Waals surface area contributed by atoms with Crippen LogP contribution in [0.4, 0.5) is 0 Å². The van der Waals surface area contributed by atoms with Crippen molar-refractivity contribution in [3.05, 3.63) is 36.0 Å². The third kappa shape index (κ3) is 2.07. The van der Waals surface area contributed by atoms with Gasteiger partial charge in [0, 0.05) is 0 Å². The molecule has 0 fully saturated rings. The Balaban J connectivity index is 2.71. The summed E-state index contributed by atoms with van der Waals surface area (Å²) < 4.78 is 0. The van der Waals surface area contributed by atoms with Gasteiger partial charge in [-0.05, 0) is 31.3 Å². The van der Waals surface area contributed by atoms with Crippen molar-refractivity contribution in [1.82, 2.24) is 0 Å². The van der Waals surface area contributed by atoms with E-state index < -0.39 is 0 Å². The van der Waals surface area contributed by atoms with E-state index in [-0.39, 0.29) is 0 Å². The highest BCUT2D eigenvalue weighted by molar-refractivity contribution is 5.38. The second-order valence-electron chi connectivity index (χ2n) is 3.21. The second-order valence-corrected chi connectivity index (χ2v) is 3.21. The molecule has 0 aromatic heterocycles. The molecule has 0 saturated carbocycles. The summed E-state index contributed by atoms with van der Waals surface area (Å²) in [5.41, 5.74) is 2.50. The van der Waals surface area contributed by atoms with Crippen molar-refractivity contribution < 1.29 is 0 Å². The highest BCUT2D eigenvalue weighted by Gasteiger charge is 2.06.